The molecule has 1 aliphatic heterocycles. The highest BCUT2D eigenvalue weighted by Gasteiger charge is 2.22. The third-order valence-electron chi connectivity index (χ3n) is 6.40. The Balaban J connectivity index is 1.34. The molecule has 0 radical (unpaired) electrons. The first-order valence-electron chi connectivity index (χ1n) is 12.2. The number of carbonyl (C=O) groups excluding carboxylic acids is 1. The van der Waals surface area contributed by atoms with Crippen molar-refractivity contribution in [3.05, 3.63) is 82.3 Å². The van der Waals surface area contributed by atoms with Crippen LogP contribution in [0.1, 0.15) is 29.6 Å². The Morgan fingerprint density at radius 2 is 1.67 bits per heavy atom. The van der Waals surface area contributed by atoms with Crippen molar-refractivity contribution in [1.29, 1.82) is 0 Å². The van der Waals surface area contributed by atoms with E-state index in [0.717, 1.165) is 19.3 Å². The maximum Gasteiger partial charge on any atom is 0.407 e. The number of benzene rings is 3. The summed E-state index contributed by atoms with van der Waals surface area (Å²) in [5.74, 6) is 0.597. The number of rotatable bonds is 9. The number of nitrogens with one attached hydrogen (secondary N) is 2. The van der Waals surface area contributed by atoms with E-state index in [2.05, 4.69) is 10.0 Å². The molecule has 1 saturated heterocycles. The zero-order valence-corrected chi connectivity index (χ0v) is 23.1. The van der Waals surface area contributed by atoms with Gasteiger partial charge in [0.2, 0.25) is 0 Å². The molecule has 39 heavy (non-hydrogen) atoms. The Hall–Kier alpha value is -3.47. The van der Waals surface area contributed by atoms with Gasteiger partial charge in [-0.2, -0.15) is 0 Å². The summed E-state index contributed by atoms with van der Waals surface area (Å²) in [6.45, 7) is 1.46. The van der Waals surface area contributed by atoms with E-state index in [-0.39, 0.29) is 27.3 Å². The van der Waals surface area contributed by atoms with Crippen molar-refractivity contribution in [3.63, 3.8) is 0 Å². The van der Waals surface area contributed by atoms with Crippen LogP contribution in [0.3, 0.4) is 0 Å². The molecule has 0 spiro atoms. The topological polar surface area (TPSA) is 125 Å². The fourth-order valence-corrected chi connectivity index (χ4v) is 5.73. The molecular formula is C27H27Cl2N3O6S. The highest BCUT2D eigenvalue weighted by molar-refractivity contribution is 7.92. The van der Waals surface area contributed by atoms with E-state index in [1.165, 1.54) is 35.2 Å². The summed E-state index contributed by atoms with van der Waals surface area (Å²) >= 11 is 12.1. The predicted octanol–water partition coefficient (Wildman–Crippen LogP) is 6.10. The van der Waals surface area contributed by atoms with Crippen LogP contribution in [0.25, 0.3) is 0 Å². The standard InChI is InChI=1S/C27H27Cl2N3O6S/c28-20-7-10-24(22(29)17-20)38-25-4-2-1-3-23(25)31-39(36,37)21-8-5-19(6-9-21)26(33)30-14-11-18-12-15-32(16-13-18)27(34)35/h1-10,17-18,31H,11-16H2,(H,30,33)(H,34,35). The van der Waals surface area contributed by atoms with Crippen LogP contribution in [-0.4, -0.2) is 50.1 Å². The average Bonchev–Trinajstić information content (AvgIpc) is 2.91. The Morgan fingerprint density at radius 1 is 0.974 bits per heavy atom. The number of piperidine rings is 1. The highest BCUT2D eigenvalue weighted by atomic mass is 35.5. The van der Waals surface area contributed by atoms with E-state index < -0.39 is 16.1 Å². The molecule has 1 aliphatic rings. The van der Waals surface area contributed by atoms with Crippen LogP contribution in [0.4, 0.5) is 10.5 Å². The molecule has 0 aliphatic carbocycles. The minimum atomic E-state index is -3.99. The predicted molar refractivity (Wildman–Crippen MR) is 150 cm³/mol. The van der Waals surface area contributed by atoms with E-state index in [9.17, 15) is 18.0 Å². The number of para-hydroxylation sites is 2. The Bertz CT molecular complexity index is 1440. The van der Waals surface area contributed by atoms with Gasteiger partial charge in [0.05, 0.1) is 15.6 Å². The van der Waals surface area contributed by atoms with Crippen molar-refractivity contribution in [2.45, 2.75) is 24.2 Å². The van der Waals surface area contributed by atoms with Crippen LogP contribution < -0.4 is 14.8 Å². The Labute approximate surface area is 236 Å². The largest absolute Gasteiger partial charge is 0.465 e. The van der Waals surface area contributed by atoms with Crippen LogP contribution in [0, 0.1) is 5.92 Å². The van der Waals surface area contributed by atoms with Crippen LogP contribution in [0.2, 0.25) is 10.0 Å². The number of sulfonamides is 1. The zero-order chi connectivity index (χ0) is 28.0. The van der Waals surface area contributed by atoms with Gasteiger partial charge in [0, 0.05) is 30.2 Å². The van der Waals surface area contributed by atoms with Crippen molar-refractivity contribution >= 4 is 50.9 Å². The van der Waals surface area contributed by atoms with Crippen molar-refractivity contribution in [1.82, 2.24) is 10.2 Å². The van der Waals surface area contributed by atoms with Gasteiger partial charge in [-0.1, -0.05) is 35.3 Å². The summed E-state index contributed by atoms with van der Waals surface area (Å²) in [7, 11) is -3.99. The summed E-state index contributed by atoms with van der Waals surface area (Å²) in [6, 6.07) is 16.9. The third-order valence-corrected chi connectivity index (χ3v) is 8.31. The highest BCUT2D eigenvalue weighted by Crippen LogP contribution is 2.35. The number of carboxylic acid groups (broad SMARTS) is 1. The maximum atomic E-state index is 13.1. The fraction of sp³-hybridized carbons (Fsp3) is 0.259. The second-order valence-electron chi connectivity index (χ2n) is 9.06. The number of amides is 2. The lowest BCUT2D eigenvalue weighted by atomic mass is 9.94. The fourth-order valence-electron chi connectivity index (χ4n) is 4.21. The van der Waals surface area contributed by atoms with Gasteiger partial charge in [-0.05, 0) is 79.8 Å². The number of ether oxygens (including phenoxy) is 1. The molecule has 206 valence electrons. The Morgan fingerprint density at radius 3 is 2.33 bits per heavy atom. The van der Waals surface area contributed by atoms with E-state index in [1.54, 1.807) is 36.4 Å². The smallest absolute Gasteiger partial charge is 0.407 e. The number of hydrogen-bond donors (Lipinski definition) is 3. The van der Waals surface area contributed by atoms with Crippen molar-refractivity contribution in [3.8, 4) is 11.5 Å². The van der Waals surface area contributed by atoms with Crippen LogP contribution in [0.15, 0.2) is 71.6 Å². The molecule has 3 N–H and O–H groups in total. The quantitative estimate of drug-likeness (QED) is 0.276. The van der Waals surface area contributed by atoms with E-state index in [4.69, 9.17) is 33.0 Å². The first kappa shape index (κ1) is 28.5. The van der Waals surface area contributed by atoms with E-state index >= 15 is 0 Å². The summed E-state index contributed by atoms with van der Waals surface area (Å²) in [6.07, 6.45) is 1.38. The molecule has 3 aromatic rings. The zero-order valence-electron chi connectivity index (χ0n) is 20.8. The van der Waals surface area contributed by atoms with Crippen LogP contribution in [-0.2, 0) is 10.0 Å². The second kappa shape index (κ2) is 12.6. The van der Waals surface area contributed by atoms with Gasteiger partial charge in [-0.3, -0.25) is 9.52 Å². The molecule has 1 heterocycles. The SMILES string of the molecule is O=C(NCCC1CCN(C(=O)O)CC1)c1ccc(S(=O)(=O)Nc2ccccc2Oc2ccc(Cl)cc2Cl)cc1. The summed E-state index contributed by atoms with van der Waals surface area (Å²) in [5.41, 5.74) is 0.537. The van der Waals surface area contributed by atoms with Crippen LogP contribution >= 0.6 is 23.2 Å². The number of carbonyl (C=O) groups is 2. The van der Waals surface area contributed by atoms with Gasteiger partial charge in [0.25, 0.3) is 15.9 Å². The van der Waals surface area contributed by atoms with Gasteiger partial charge in [0.1, 0.15) is 5.75 Å². The normalized spacial score (nSPS) is 14.1. The lowest BCUT2D eigenvalue weighted by Crippen LogP contribution is -2.38. The molecule has 0 saturated carbocycles. The van der Waals surface area contributed by atoms with Gasteiger partial charge < -0.3 is 20.1 Å². The number of halogens is 2. The van der Waals surface area contributed by atoms with Gasteiger partial charge in [-0.25, -0.2) is 13.2 Å². The van der Waals surface area contributed by atoms with Crippen molar-refractivity contribution in [2.24, 2.45) is 5.92 Å². The molecule has 9 nitrogen and oxygen atoms in total. The van der Waals surface area contributed by atoms with Gasteiger partial charge in [0.15, 0.2) is 5.75 Å². The summed E-state index contributed by atoms with van der Waals surface area (Å²) in [5, 5.41) is 12.6. The molecule has 0 aromatic heterocycles. The molecule has 0 atom stereocenters. The summed E-state index contributed by atoms with van der Waals surface area (Å²) in [4.78, 5) is 24.9. The van der Waals surface area contributed by atoms with Crippen LogP contribution in [0.5, 0.6) is 11.5 Å². The minimum absolute atomic E-state index is 0.0245. The number of nitrogens with zero attached hydrogens (tertiary/aromatic N) is 1. The molecule has 4 rings (SSSR count). The van der Waals surface area contributed by atoms with Crippen molar-refractivity contribution in [2.75, 3.05) is 24.4 Å². The lowest BCUT2D eigenvalue weighted by Gasteiger charge is -2.29. The van der Waals surface area contributed by atoms with Gasteiger partial charge >= 0.3 is 6.09 Å². The molecule has 1 fully saturated rings. The lowest BCUT2D eigenvalue weighted by molar-refractivity contribution is 0.0948. The third kappa shape index (κ3) is 7.56. The monoisotopic (exact) mass is 591 g/mol. The maximum absolute atomic E-state index is 13.1. The van der Waals surface area contributed by atoms with Gasteiger partial charge in [-0.15, -0.1) is 0 Å². The average molecular weight is 593 g/mol. The van der Waals surface area contributed by atoms with Crippen molar-refractivity contribution < 1.29 is 27.9 Å². The second-order valence-corrected chi connectivity index (χ2v) is 11.6. The number of likely N-dealkylation sites (tertiary alicyclic amines) is 1. The molecular weight excluding hydrogens is 565 g/mol. The number of hydrogen-bond acceptors (Lipinski definition) is 5. The molecule has 0 unspecified atom stereocenters. The minimum Gasteiger partial charge on any atom is -0.465 e. The first-order valence-corrected chi connectivity index (χ1v) is 14.5. The first-order chi connectivity index (χ1) is 18.6. The Kier molecular flexibility index (Phi) is 9.21. The molecule has 0 bridgehead atoms. The molecule has 2 amide bonds. The molecule has 3 aromatic carbocycles. The van der Waals surface area contributed by atoms with E-state index in [1.807, 2.05) is 0 Å². The summed E-state index contributed by atoms with van der Waals surface area (Å²) < 4.78 is 34.5. The van der Waals surface area contributed by atoms with E-state index in [0.29, 0.717) is 41.9 Å². The number of anilines is 1. The molecule has 12 heteroatoms.